The lowest BCUT2D eigenvalue weighted by Gasteiger charge is -2.19. The molecule has 66 heavy (non-hydrogen) atoms. The molecule has 0 aliphatic heterocycles. The maximum atomic E-state index is 2.61. The van der Waals surface area contributed by atoms with Crippen LogP contribution in [-0.2, 0) is 12.8 Å². The van der Waals surface area contributed by atoms with Crippen LogP contribution < -0.4 is 0 Å². The lowest BCUT2D eigenvalue weighted by molar-refractivity contribution is 0.605. The van der Waals surface area contributed by atoms with Gasteiger partial charge in [0.15, 0.2) is 0 Å². The summed E-state index contributed by atoms with van der Waals surface area (Å²) in [6.07, 6.45) is 18.0. The molecule has 334 valence electrons. The van der Waals surface area contributed by atoms with Crippen LogP contribution in [0.15, 0.2) is 158 Å². The van der Waals surface area contributed by atoms with Crippen molar-refractivity contribution in [1.29, 1.82) is 0 Å². The smallest absolute Gasteiger partial charge is 0.0449 e. The molecule has 0 radical (unpaired) electrons. The highest BCUT2D eigenvalue weighted by Crippen LogP contribution is 2.44. The Bertz CT molecular complexity index is 2940. The van der Waals surface area contributed by atoms with Crippen molar-refractivity contribution in [3.63, 3.8) is 0 Å². The third-order valence-corrected chi connectivity index (χ3v) is 16.1. The van der Waals surface area contributed by atoms with Crippen molar-refractivity contribution in [2.24, 2.45) is 0 Å². The molecule has 7 aromatic carbocycles. The van der Waals surface area contributed by atoms with E-state index in [1.165, 1.54) is 185 Å². The van der Waals surface area contributed by atoms with Crippen molar-refractivity contribution < 1.29 is 0 Å². The van der Waals surface area contributed by atoms with Crippen molar-refractivity contribution in [2.75, 3.05) is 0 Å². The molecule has 0 amide bonds. The van der Waals surface area contributed by atoms with Gasteiger partial charge >= 0.3 is 0 Å². The van der Waals surface area contributed by atoms with E-state index >= 15 is 0 Å². The molecule has 9 aromatic rings. The Hall–Kier alpha value is -5.54. The second-order valence-corrected chi connectivity index (χ2v) is 21.1. The minimum atomic E-state index is 1.11. The molecule has 0 unspecified atom stereocenters. The number of rotatable bonds is 20. The van der Waals surface area contributed by atoms with E-state index in [1.54, 1.807) is 0 Å². The SMILES string of the molecule is CCCCCCCCc1cc(-c2cc(-c3cc(-c4cccc5ccccc45)cc(-c4cccc5ccccc45)c3)cc(-c3ccc(-c4ccc(C)s4)s3)c2)c(CCCCCCCC)cc1C. The van der Waals surface area contributed by atoms with Gasteiger partial charge in [0, 0.05) is 19.5 Å². The van der Waals surface area contributed by atoms with E-state index in [4.69, 9.17) is 0 Å². The van der Waals surface area contributed by atoms with Gasteiger partial charge in [-0.05, 0) is 189 Å². The third-order valence-electron chi connectivity index (χ3n) is 13.7. The zero-order valence-electron chi connectivity index (χ0n) is 39.7. The molecule has 0 spiro atoms. The van der Waals surface area contributed by atoms with E-state index in [1.807, 2.05) is 22.7 Å². The summed E-state index contributed by atoms with van der Waals surface area (Å²) in [6, 6.07) is 60.5. The molecule has 2 aromatic heterocycles. The van der Waals surface area contributed by atoms with Gasteiger partial charge in [-0.2, -0.15) is 0 Å². The zero-order valence-corrected chi connectivity index (χ0v) is 41.4. The Kier molecular flexibility index (Phi) is 15.1. The van der Waals surface area contributed by atoms with E-state index in [2.05, 4.69) is 185 Å². The molecule has 0 nitrogen and oxygen atoms in total. The Morgan fingerprint density at radius 3 is 1.38 bits per heavy atom. The van der Waals surface area contributed by atoms with Crippen LogP contribution in [-0.4, -0.2) is 0 Å². The normalized spacial score (nSPS) is 11.6. The highest BCUT2D eigenvalue weighted by atomic mass is 32.1. The first-order valence-electron chi connectivity index (χ1n) is 25.0. The highest BCUT2D eigenvalue weighted by Gasteiger charge is 2.18. The van der Waals surface area contributed by atoms with Crippen molar-refractivity contribution in [3.05, 3.63) is 179 Å². The van der Waals surface area contributed by atoms with E-state index < -0.39 is 0 Å². The van der Waals surface area contributed by atoms with Gasteiger partial charge < -0.3 is 0 Å². The van der Waals surface area contributed by atoms with Crippen LogP contribution in [0.5, 0.6) is 0 Å². The van der Waals surface area contributed by atoms with Gasteiger partial charge in [-0.15, -0.1) is 22.7 Å². The molecule has 0 saturated carbocycles. The Balaban J connectivity index is 1.23. The minimum absolute atomic E-state index is 1.11. The molecule has 0 saturated heterocycles. The summed E-state index contributed by atoms with van der Waals surface area (Å²) in [7, 11) is 0. The number of aryl methyl sites for hydroxylation is 4. The average molecular weight is 899 g/mol. The monoisotopic (exact) mass is 898 g/mol. The predicted molar refractivity (Wildman–Crippen MR) is 293 cm³/mol. The summed E-state index contributed by atoms with van der Waals surface area (Å²) >= 11 is 3.82. The van der Waals surface area contributed by atoms with Gasteiger partial charge in [0.25, 0.3) is 0 Å². The van der Waals surface area contributed by atoms with Crippen molar-refractivity contribution in [3.8, 4) is 64.7 Å². The molecule has 2 heterocycles. The number of hydrogen-bond donors (Lipinski definition) is 0. The summed E-state index contributed by atoms with van der Waals surface area (Å²) in [5.74, 6) is 0. The summed E-state index contributed by atoms with van der Waals surface area (Å²) in [4.78, 5) is 5.36. The van der Waals surface area contributed by atoms with Crippen molar-refractivity contribution in [2.45, 2.75) is 118 Å². The van der Waals surface area contributed by atoms with Crippen LogP contribution in [0, 0.1) is 13.8 Å². The summed E-state index contributed by atoms with van der Waals surface area (Å²) in [5, 5.41) is 5.09. The Morgan fingerprint density at radius 1 is 0.333 bits per heavy atom. The predicted octanol–water partition coefficient (Wildman–Crippen LogP) is 20.5. The fraction of sp³-hybridized carbons (Fsp3) is 0.281. The molecular formula is C64H66S2. The largest absolute Gasteiger partial charge is 0.140 e. The summed E-state index contributed by atoms with van der Waals surface area (Å²) < 4.78 is 0. The van der Waals surface area contributed by atoms with Crippen LogP contribution in [0.2, 0.25) is 0 Å². The number of unbranched alkanes of at least 4 members (excludes halogenated alkanes) is 10. The molecule has 0 atom stereocenters. The van der Waals surface area contributed by atoms with Crippen LogP contribution in [0.25, 0.3) is 86.2 Å². The fourth-order valence-electron chi connectivity index (χ4n) is 10.1. The number of fused-ring (bicyclic) bond motifs is 2. The van der Waals surface area contributed by atoms with E-state index in [9.17, 15) is 0 Å². The third kappa shape index (κ3) is 10.7. The molecule has 0 aliphatic carbocycles. The standard InChI is InChI=1S/C64H66S2/c1-5-7-9-11-13-15-25-49-44-61(50(37-45(49)3)26-16-14-12-10-8-6-2)55-40-52(41-56(43-55)62-35-36-64(66-62)63-34-33-46(4)65-63)51-38-53(59-31-21-27-47-23-17-19-29-57(47)59)42-54(39-51)60-32-22-28-48-24-18-20-30-58(48)60/h17-24,27-44H,5-16,25-26H2,1-4H3. The fourth-order valence-corrected chi connectivity index (χ4v) is 12.0. The van der Waals surface area contributed by atoms with Crippen LogP contribution in [0.4, 0.5) is 0 Å². The van der Waals surface area contributed by atoms with Crippen LogP contribution in [0.1, 0.15) is 112 Å². The van der Waals surface area contributed by atoms with E-state index in [0.717, 1.165) is 12.8 Å². The molecule has 9 rings (SSSR count). The second kappa shape index (κ2) is 21.8. The first kappa shape index (κ1) is 45.6. The van der Waals surface area contributed by atoms with Gasteiger partial charge in [0.1, 0.15) is 0 Å². The maximum absolute atomic E-state index is 2.61. The van der Waals surface area contributed by atoms with E-state index in [-0.39, 0.29) is 0 Å². The quantitative estimate of drug-likeness (QED) is 0.0669. The van der Waals surface area contributed by atoms with Crippen molar-refractivity contribution in [1.82, 2.24) is 0 Å². The molecule has 2 heteroatoms. The van der Waals surface area contributed by atoms with Gasteiger partial charge in [-0.3, -0.25) is 0 Å². The molecule has 0 N–H and O–H groups in total. The minimum Gasteiger partial charge on any atom is -0.140 e. The first-order valence-corrected chi connectivity index (χ1v) is 26.7. The number of benzene rings is 7. The van der Waals surface area contributed by atoms with Crippen LogP contribution >= 0.6 is 22.7 Å². The van der Waals surface area contributed by atoms with Gasteiger partial charge in [0.2, 0.25) is 0 Å². The molecule has 0 fully saturated rings. The second-order valence-electron chi connectivity index (χ2n) is 18.7. The zero-order chi connectivity index (χ0) is 45.2. The van der Waals surface area contributed by atoms with Gasteiger partial charge in [0.05, 0.1) is 0 Å². The number of thiophene rings is 2. The summed E-state index contributed by atoms with van der Waals surface area (Å²) in [5.41, 5.74) is 16.0. The van der Waals surface area contributed by atoms with Gasteiger partial charge in [-0.25, -0.2) is 0 Å². The molecule has 0 bridgehead atoms. The van der Waals surface area contributed by atoms with Crippen molar-refractivity contribution >= 4 is 44.2 Å². The summed E-state index contributed by atoms with van der Waals surface area (Å²) in [6.45, 7) is 9.21. The van der Waals surface area contributed by atoms with Crippen LogP contribution in [0.3, 0.4) is 0 Å². The lowest BCUT2D eigenvalue weighted by Crippen LogP contribution is -1.99. The Morgan fingerprint density at radius 2 is 0.788 bits per heavy atom. The lowest BCUT2D eigenvalue weighted by atomic mass is 9.86. The van der Waals surface area contributed by atoms with Gasteiger partial charge in [-0.1, -0.05) is 175 Å². The Labute approximate surface area is 403 Å². The average Bonchev–Trinajstić information content (AvgIpc) is 4.03. The molecule has 0 aliphatic rings. The maximum Gasteiger partial charge on any atom is 0.0449 e. The molecular weight excluding hydrogens is 833 g/mol. The number of hydrogen-bond acceptors (Lipinski definition) is 2. The van der Waals surface area contributed by atoms with E-state index in [0.29, 0.717) is 0 Å². The topological polar surface area (TPSA) is 0 Å². The first-order chi connectivity index (χ1) is 32.4. The highest BCUT2D eigenvalue weighted by molar-refractivity contribution is 7.23.